The third-order valence-electron chi connectivity index (χ3n) is 19.8. The largest absolute Gasteiger partial charge is 0.462 e. The number of ether oxygens (including phenoxy) is 6. The number of methoxy groups -OCH3 is 2. The van der Waals surface area contributed by atoms with Crippen molar-refractivity contribution in [2.45, 2.75) is 243 Å². The van der Waals surface area contributed by atoms with Crippen molar-refractivity contribution in [2.24, 2.45) is 23.7 Å². The van der Waals surface area contributed by atoms with Gasteiger partial charge in [0.1, 0.15) is 37.0 Å². The lowest BCUT2D eigenvalue weighted by molar-refractivity contribution is -0.169. The van der Waals surface area contributed by atoms with E-state index in [0.717, 1.165) is 17.7 Å². The Hall–Kier alpha value is -6.66. The molecule has 0 radical (unpaired) electrons. The Morgan fingerprint density at radius 3 is 1.82 bits per heavy atom. The fraction of sp³-hybridized carbons (Fsp3) is 0.697. The van der Waals surface area contributed by atoms with Crippen LogP contribution in [0.5, 0.6) is 0 Å². The zero-order valence-electron chi connectivity index (χ0n) is 63.6. The summed E-state index contributed by atoms with van der Waals surface area (Å²) in [6, 6.07) is 11.8. The molecule has 2 aliphatic carbocycles. The van der Waals surface area contributed by atoms with Gasteiger partial charge < -0.3 is 69.9 Å². The van der Waals surface area contributed by atoms with Crippen molar-refractivity contribution < 1.29 is 86.3 Å². The molecule has 3 aliphatic rings. The number of aliphatic hydroxyl groups is 1. The van der Waals surface area contributed by atoms with E-state index in [2.05, 4.69) is 39.2 Å². The Morgan fingerprint density at radius 1 is 0.657 bits per heavy atom. The Morgan fingerprint density at radius 2 is 1.25 bits per heavy atom. The van der Waals surface area contributed by atoms with Gasteiger partial charge in [0, 0.05) is 82.3 Å². The fourth-order valence-electron chi connectivity index (χ4n) is 13.8. The number of rotatable bonds is 41. The highest BCUT2D eigenvalue weighted by molar-refractivity contribution is 8.00. The van der Waals surface area contributed by atoms with Crippen LogP contribution in [0.3, 0.4) is 0 Å². The average molecular weight is 1530 g/mol. The molecule has 0 aromatic heterocycles. The molecule has 8 amide bonds. The van der Waals surface area contributed by atoms with Gasteiger partial charge in [0.25, 0.3) is 0 Å². The predicted octanol–water partition coefficient (Wildman–Crippen LogP) is 8.35. The summed E-state index contributed by atoms with van der Waals surface area (Å²) in [6.07, 6.45) is 6.49. The van der Waals surface area contributed by atoms with Gasteiger partial charge in [0.15, 0.2) is 0 Å². The van der Waals surface area contributed by atoms with E-state index in [0.29, 0.717) is 65.8 Å². The smallest absolute Gasteiger partial charge is 0.410 e. The number of likely N-dealkylation sites (tertiary alicyclic amines) is 1. The van der Waals surface area contributed by atoms with Crippen molar-refractivity contribution in [2.75, 3.05) is 76.3 Å². The van der Waals surface area contributed by atoms with Gasteiger partial charge >= 0.3 is 24.0 Å². The zero-order valence-corrected chi connectivity index (χ0v) is 66.1. The van der Waals surface area contributed by atoms with E-state index in [1.165, 1.54) is 70.0 Å². The number of likely N-dealkylation sites (N-methyl/N-ethyl adjacent to an activating group) is 2. The lowest BCUT2D eigenvalue weighted by Crippen LogP contribution is -2.56. The predicted molar refractivity (Wildman–Crippen MR) is 407 cm³/mol. The molecule has 2 aromatic rings. The van der Waals surface area contributed by atoms with Gasteiger partial charge in [-0.15, -0.1) is 0 Å². The first kappa shape index (κ1) is 89.0. The molecule has 3 fully saturated rings. The summed E-state index contributed by atoms with van der Waals surface area (Å²) < 4.78 is 34.8. The van der Waals surface area contributed by atoms with Crippen molar-refractivity contribution in [3.63, 3.8) is 0 Å². The fourth-order valence-corrected chi connectivity index (χ4v) is 16.0. The number of hydrogen-bond donors (Lipinski definition) is 7. The Kier molecular flexibility index (Phi) is 39.4. The number of nitrogens with zero attached hydrogens (tertiary/aromatic N) is 3. The molecule has 105 heavy (non-hydrogen) atoms. The molecule has 2 saturated carbocycles. The second-order valence-electron chi connectivity index (χ2n) is 28.5. The van der Waals surface area contributed by atoms with Crippen molar-refractivity contribution >= 4 is 107 Å². The van der Waals surface area contributed by atoms with Crippen LogP contribution in [0, 0.1) is 23.7 Å². The van der Waals surface area contributed by atoms with E-state index in [1.807, 2.05) is 43.8 Å². The maximum absolute atomic E-state index is 14.3. The number of benzene rings is 2. The van der Waals surface area contributed by atoms with Crippen LogP contribution in [0.15, 0.2) is 54.6 Å². The van der Waals surface area contributed by atoms with Crippen LogP contribution in [-0.4, -0.2) is 222 Å². The number of thiol groups is 1. The first-order chi connectivity index (χ1) is 50.1. The van der Waals surface area contributed by atoms with Crippen LogP contribution in [0.2, 0.25) is 0 Å². The van der Waals surface area contributed by atoms with Crippen LogP contribution >= 0.6 is 36.2 Å². The summed E-state index contributed by atoms with van der Waals surface area (Å²) in [5, 5.41) is 25.1. The van der Waals surface area contributed by atoms with Crippen molar-refractivity contribution in [3.8, 4) is 0 Å². The Labute approximate surface area is 635 Å². The summed E-state index contributed by atoms with van der Waals surface area (Å²) >= 11 is 7.13. The third-order valence-corrected chi connectivity index (χ3v) is 22.3. The minimum atomic E-state index is -1.05. The van der Waals surface area contributed by atoms with E-state index in [1.54, 1.807) is 89.9 Å². The molecule has 2 aromatic carbocycles. The first-order valence-corrected chi connectivity index (χ1v) is 40.1. The maximum atomic E-state index is 14.3. The normalized spacial score (nSPS) is 19.6. The van der Waals surface area contributed by atoms with Crippen LogP contribution in [0.25, 0.3) is 0 Å². The number of amides is 8. The zero-order chi connectivity index (χ0) is 77.3. The van der Waals surface area contributed by atoms with Gasteiger partial charge in [-0.1, -0.05) is 129 Å². The summed E-state index contributed by atoms with van der Waals surface area (Å²) in [4.78, 5) is 152. The van der Waals surface area contributed by atoms with Gasteiger partial charge in [-0.2, -0.15) is 36.2 Å². The highest BCUT2D eigenvalue weighted by Gasteiger charge is 2.43. The molecule has 1 aliphatic heterocycles. The number of anilines is 1. The quantitative estimate of drug-likeness (QED) is 0.0142. The molecule has 588 valence electrons. The van der Waals surface area contributed by atoms with Crippen LogP contribution < -0.4 is 26.6 Å². The van der Waals surface area contributed by atoms with E-state index >= 15 is 0 Å². The number of carbonyl (C=O) groups excluding carboxylic acids is 11. The standard InChI is InChI=1S/C76H118N8O18S3/c1-13-49(6)70(60(97-11)42-63(87)84-35-22-27-59(84)72(98-12)50(7)73(93)79-51(8)71(92)53-23-18-17-19-24-53)82(9)64(88)44-78-75(95)69(48(4)5)83(10)76(96)99-45-52-28-30-54(31-29-52)80-61(85)43-77-74(94)68(47(2)3)81-62(86)46-104-37-33-66(90)101-56-39-55(100-65(89)32-36-103)40-57(41-56)102-67(91)34-38-105-58-25-20-15-14-16-21-26-58/h17-19,23-24,28-31,47-51,55-60,68-72,92,103H,13-16,20-22,25-27,32-46H2,1-12H3,(H,77,94)(H,78,95)(H,79,93)(H,80,85)(H,81,86)/t49-,50+,51+,55-,56+,57-,59-,60+,68?,69?,70-,71+,72+/m0/s1. The van der Waals surface area contributed by atoms with E-state index < -0.39 is 139 Å². The highest BCUT2D eigenvalue weighted by atomic mass is 32.2. The van der Waals surface area contributed by atoms with Gasteiger partial charge in [0.05, 0.1) is 86.9 Å². The molecule has 2 unspecified atom stereocenters. The lowest BCUT2D eigenvalue weighted by atomic mass is 9.90. The number of nitrogens with one attached hydrogen (secondary N) is 5. The monoisotopic (exact) mass is 1530 g/mol. The molecule has 13 atom stereocenters. The molecule has 26 nitrogen and oxygen atoms in total. The molecule has 5 rings (SSSR count). The molecular formula is C76H118N8O18S3. The van der Waals surface area contributed by atoms with E-state index in [4.69, 9.17) is 28.4 Å². The summed E-state index contributed by atoms with van der Waals surface area (Å²) in [7, 11) is 6.03. The molecule has 6 N–H and O–H groups in total. The second-order valence-corrected chi connectivity index (χ2v) is 31.5. The highest BCUT2D eigenvalue weighted by Crippen LogP contribution is 2.33. The first-order valence-electron chi connectivity index (χ1n) is 37.3. The lowest BCUT2D eigenvalue weighted by Gasteiger charge is -2.39. The SMILES string of the molecule is CC[C@H](C)[C@@H]([C@@H](CC(=O)N1CCC[C@H]1[C@H](OC)[C@@H](C)C(=O)N[C@H](C)[C@@H](O)c1ccccc1)OC)N(C)C(=O)CNC(=O)C(C(C)C)N(C)C(=O)OCc1ccc(NC(=O)CNC(=O)C(NC(=O)CSCCC(=O)O[C@@H]2C[C@H](OC(=O)CCS)C[C@H](OC(=O)CCSC3CCCCCCC3)C2)C(C)C)cc1. The molecule has 1 saturated heterocycles. The second kappa shape index (κ2) is 46.5. The van der Waals surface area contributed by atoms with Gasteiger partial charge in [-0.3, -0.25) is 52.8 Å². The number of hydrogen-bond acceptors (Lipinski definition) is 21. The number of aliphatic hydroxyl groups excluding tert-OH is 1. The van der Waals surface area contributed by atoms with Crippen LogP contribution in [-0.2, 0) is 83.0 Å². The van der Waals surface area contributed by atoms with Crippen molar-refractivity contribution in [1.82, 2.24) is 36.0 Å². The van der Waals surface area contributed by atoms with Crippen LogP contribution in [0.4, 0.5) is 10.5 Å². The summed E-state index contributed by atoms with van der Waals surface area (Å²) in [6.45, 7) is 13.8. The van der Waals surface area contributed by atoms with Crippen molar-refractivity contribution in [1.29, 1.82) is 0 Å². The van der Waals surface area contributed by atoms with E-state index in [9.17, 15) is 57.8 Å². The van der Waals surface area contributed by atoms with Crippen LogP contribution in [0.1, 0.15) is 182 Å². The van der Waals surface area contributed by atoms with E-state index in [-0.39, 0.29) is 86.3 Å². The average Bonchev–Trinajstić information content (AvgIpc) is 1.79. The summed E-state index contributed by atoms with van der Waals surface area (Å²) in [5.41, 5.74) is 1.60. The van der Waals surface area contributed by atoms with Crippen molar-refractivity contribution in [3.05, 3.63) is 65.7 Å². The minimum absolute atomic E-state index is 0.0331. The molecule has 29 heteroatoms. The summed E-state index contributed by atoms with van der Waals surface area (Å²) in [5.74, 6) is -4.97. The minimum Gasteiger partial charge on any atom is -0.462 e. The number of thioether (sulfide) groups is 2. The Bertz CT molecular complexity index is 3090. The molecule has 0 spiro atoms. The van der Waals surface area contributed by atoms with Gasteiger partial charge in [-0.25, -0.2) is 4.79 Å². The third kappa shape index (κ3) is 29.8. The number of esters is 3. The number of carbonyl (C=O) groups is 11. The molecule has 1 heterocycles. The molecule has 0 bridgehead atoms. The maximum Gasteiger partial charge on any atom is 0.410 e. The van der Waals surface area contributed by atoms with Gasteiger partial charge in [-0.05, 0) is 73.6 Å². The molecular weight excluding hydrogens is 1410 g/mol. The topological polar surface area (TPSA) is 333 Å². The Balaban J connectivity index is 1.02. The van der Waals surface area contributed by atoms with Gasteiger partial charge in [0.2, 0.25) is 41.4 Å².